The zero-order chi connectivity index (χ0) is 31.6. The molecule has 9 aromatic carbocycles. The van der Waals surface area contributed by atoms with Crippen molar-refractivity contribution in [3.63, 3.8) is 0 Å². The molecule has 0 bridgehead atoms. The zero-order valence-corrected chi connectivity index (χ0v) is 26.9. The number of hydrogen-bond donors (Lipinski definition) is 0. The highest BCUT2D eigenvalue weighted by Crippen LogP contribution is 2.49. The number of fused-ring (bicyclic) bond motifs is 2. The molecule has 0 aliphatic rings. The molecule has 47 heavy (non-hydrogen) atoms. The van der Waals surface area contributed by atoms with Crippen molar-refractivity contribution in [1.29, 1.82) is 0 Å². The Hall–Kier alpha value is -5.59. The summed E-state index contributed by atoms with van der Waals surface area (Å²) in [6, 6.07) is 56.1. The zero-order valence-electron chi connectivity index (χ0n) is 26.9. The van der Waals surface area contributed by atoms with E-state index in [-0.39, 0.29) is 0 Å². The van der Waals surface area contributed by atoms with Gasteiger partial charge in [0.1, 0.15) is 15.7 Å². The van der Waals surface area contributed by atoms with Gasteiger partial charge >= 0.3 is 0 Å². The second-order valence-electron chi connectivity index (χ2n) is 13.0. The predicted octanol–water partition coefficient (Wildman–Crippen LogP) is 9.23. The van der Waals surface area contributed by atoms with E-state index in [2.05, 4.69) is 174 Å². The van der Waals surface area contributed by atoms with Gasteiger partial charge in [-0.3, -0.25) is 0 Å². The van der Waals surface area contributed by atoms with Gasteiger partial charge in [-0.1, -0.05) is 163 Å². The fourth-order valence-electron chi connectivity index (χ4n) is 8.15. The molecule has 0 aliphatic carbocycles. The lowest BCUT2D eigenvalue weighted by atomic mass is 9.75. The van der Waals surface area contributed by atoms with Gasteiger partial charge in [0, 0.05) is 0 Å². The molecule has 9 rings (SSSR count). The molecule has 218 valence electrons. The SMILES string of the molecule is Bc1ccc2c3c(-c4ccccc4-c4ccccc4)cc(B)c4c(C)ccc(c5c(-c6ccccc6-c6ccccc6)ccc1c25)c43. The van der Waals surface area contributed by atoms with Gasteiger partial charge in [0.05, 0.1) is 0 Å². The van der Waals surface area contributed by atoms with Crippen LogP contribution in [0.1, 0.15) is 5.56 Å². The van der Waals surface area contributed by atoms with E-state index < -0.39 is 0 Å². The van der Waals surface area contributed by atoms with Gasteiger partial charge in [0.15, 0.2) is 0 Å². The smallest absolute Gasteiger partial charge is 0.0812 e. The molecular weight excluding hydrogens is 562 g/mol. The average Bonchev–Trinajstić information content (AvgIpc) is 3.12. The van der Waals surface area contributed by atoms with Crippen LogP contribution in [-0.4, -0.2) is 15.7 Å². The summed E-state index contributed by atoms with van der Waals surface area (Å²) in [7, 11) is 4.54. The predicted molar refractivity (Wildman–Crippen MR) is 210 cm³/mol. The summed E-state index contributed by atoms with van der Waals surface area (Å²) < 4.78 is 0. The highest BCUT2D eigenvalue weighted by Gasteiger charge is 2.23. The molecule has 0 saturated heterocycles. The molecule has 0 heterocycles. The van der Waals surface area contributed by atoms with Gasteiger partial charge < -0.3 is 0 Å². The summed E-state index contributed by atoms with van der Waals surface area (Å²) >= 11 is 0. The van der Waals surface area contributed by atoms with Crippen molar-refractivity contribution in [2.75, 3.05) is 0 Å². The molecule has 0 N–H and O–H groups in total. The molecule has 0 saturated carbocycles. The summed E-state index contributed by atoms with van der Waals surface area (Å²) in [5, 5.41) is 10.7. The van der Waals surface area contributed by atoms with E-state index in [1.165, 1.54) is 104 Å². The molecule has 9 aromatic rings. The summed E-state index contributed by atoms with van der Waals surface area (Å²) in [4.78, 5) is 0. The standard InChI is InChI=1S/C45H32B2/c1-27-20-21-37-42-34(32-18-10-8-16-30(32)28-12-4-2-5-13-28)22-23-35-39(46)25-24-36(43(35)42)44-38(26-40(47)41(27)45(37)44)33-19-11-9-17-31(33)29-14-6-3-7-15-29/h2-26H,46-47H2,1H3. The van der Waals surface area contributed by atoms with Crippen molar-refractivity contribution in [1.82, 2.24) is 0 Å². The van der Waals surface area contributed by atoms with Crippen LogP contribution in [0.5, 0.6) is 0 Å². The maximum atomic E-state index is 2.45. The molecule has 0 atom stereocenters. The minimum absolute atomic E-state index is 1.24. The normalized spacial score (nSPS) is 11.7. The molecule has 0 fully saturated rings. The van der Waals surface area contributed by atoms with E-state index >= 15 is 0 Å². The van der Waals surface area contributed by atoms with Gasteiger partial charge in [-0.25, -0.2) is 0 Å². The fraction of sp³-hybridized carbons (Fsp3) is 0.0222. The molecule has 0 radical (unpaired) electrons. The number of aryl methyl sites for hydroxylation is 1. The number of benzene rings is 9. The molecule has 0 unspecified atom stereocenters. The fourth-order valence-corrected chi connectivity index (χ4v) is 8.15. The van der Waals surface area contributed by atoms with Gasteiger partial charge in [0.2, 0.25) is 0 Å². The highest BCUT2D eigenvalue weighted by atomic mass is 14.3. The van der Waals surface area contributed by atoms with Gasteiger partial charge in [-0.05, 0) is 100 Å². The second kappa shape index (κ2) is 10.7. The van der Waals surface area contributed by atoms with Crippen molar-refractivity contribution in [2.24, 2.45) is 0 Å². The van der Waals surface area contributed by atoms with Crippen LogP contribution in [-0.2, 0) is 0 Å². The van der Waals surface area contributed by atoms with Crippen LogP contribution < -0.4 is 10.9 Å². The largest absolute Gasteiger partial charge is 0.140 e. The molecule has 0 aliphatic heterocycles. The Bertz CT molecular complexity index is 2640. The van der Waals surface area contributed by atoms with Crippen molar-refractivity contribution in [2.45, 2.75) is 6.92 Å². The molecule has 2 heteroatoms. The Morgan fingerprint density at radius 2 is 0.809 bits per heavy atom. The third-order valence-corrected chi connectivity index (χ3v) is 10.2. The molecule has 0 nitrogen and oxygen atoms in total. The van der Waals surface area contributed by atoms with E-state index in [1.54, 1.807) is 0 Å². The van der Waals surface area contributed by atoms with Crippen LogP contribution >= 0.6 is 0 Å². The first-order valence-electron chi connectivity index (χ1n) is 16.5. The Morgan fingerprint density at radius 3 is 1.45 bits per heavy atom. The van der Waals surface area contributed by atoms with Crippen molar-refractivity contribution >= 4 is 69.7 Å². The summed E-state index contributed by atoms with van der Waals surface area (Å²) in [5.41, 5.74) is 14.1. The van der Waals surface area contributed by atoms with Crippen LogP contribution in [0.4, 0.5) is 0 Å². The molecule has 0 spiro atoms. The topological polar surface area (TPSA) is 0 Å². The van der Waals surface area contributed by atoms with Gasteiger partial charge in [-0.15, -0.1) is 0 Å². The van der Waals surface area contributed by atoms with E-state index in [0.717, 1.165) is 0 Å². The van der Waals surface area contributed by atoms with E-state index in [9.17, 15) is 0 Å². The third-order valence-electron chi connectivity index (χ3n) is 10.2. The Balaban J connectivity index is 1.50. The Labute approximate surface area is 277 Å². The third kappa shape index (κ3) is 4.18. The van der Waals surface area contributed by atoms with Crippen molar-refractivity contribution in [3.05, 3.63) is 157 Å². The first-order chi connectivity index (χ1) is 23.1. The minimum atomic E-state index is 1.24. The Morgan fingerprint density at radius 1 is 0.319 bits per heavy atom. The van der Waals surface area contributed by atoms with Gasteiger partial charge in [-0.2, -0.15) is 0 Å². The number of hydrogen-bond acceptors (Lipinski definition) is 0. The van der Waals surface area contributed by atoms with Crippen molar-refractivity contribution < 1.29 is 0 Å². The van der Waals surface area contributed by atoms with Crippen LogP contribution in [0.2, 0.25) is 0 Å². The summed E-state index contributed by atoms with van der Waals surface area (Å²) in [6.45, 7) is 2.27. The van der Waals surface area contributed by atoms with Crippen LogP contribution in [0, 0.1) is 6.92 Å². The lowest BCUT2D eigenvalue weighted by Crippen LogP contribution is -2.09. The van der Waals surface area contributed by atoms with Crippen LogP contribution in [0.3, 0.4) is 0 Å². The highest BCUT2D eigenvalue weighted by molar-refractivity contribution is 6.49. The maximum absolute atomic E-state index is 2.45. The van der Waals surface area contributed by atoms with E-state index in [0.29, 0.717) is 0 Å². The maximum Gasteiger partial charge on any atom is 0.140 e. The molecular formula is C45H32B2. The molecule has 0 aromatic heterocycles. The summed E-state index contributed by atoms with van der Waals surface area (Å²) in [6.07, 6.45) is 0. The van der Waals surface area contributed by atoms with Crippen LogP contribution in [0.15, 0.2) is 152 Å². The van der Waals surface area contributed by atoms with E-state index in [1.807, 2.05) is 0 Å². The van der Waals surface area contributed by atoms with Gasteiger partial charge in [0.25, 0.3) is 0 Å². The lowest BCUT2D eigenvalue weighted by Gasteiger charge is -2.24. The monoisotopic (exact) mass is 594 g/mol. The first-order valence-corrected chi connectivity index (χ1v) is 16.5. The van der Waals surface area contributed by atoms with Crippen LogP contribution in [0.25, 0.3) is 87.6 Å². The minimum Gasteiger partial charge on any atom is -0.0812 e. The summed E-state index contributed by atoms with van der Waals surface area (Å²) in [5.74, 6) is 0. The molecule has 0 amide bonds. The quantitative estimate of drug-likeness (QED) is 0.108. The first kappa shape index (κ1) is 27.7. The second-order valence-corrected chi connectivity index (χ2v) is 13.0. The average molecular weight is 594 g/mol. The lowest BCUT2D eigenvalue weighted by molar-refractivity contribution is 1.55. The van der Waals surface area contributed by atoms with E-state index in [4.69, 9.17) is 0 Å². The van der Waals surface area contributed by atoms with Crippen molar-refractivity contribution in [3.8, 4) is 44.5 Å². The Kier molecular flexibility index (Phi) is 6.34. The number of rotatable bonds is 4.